The number of unbranched alkanes of at least 4 members (excludes halogenated alkanes) is 1. The first-order valence-corrected chi connectivity index (χ1v) is 10.4. The number of methoxy groups -OCH3 is 1. The van der Waals surface area contributed by atoms with Gasteiger partial charge in [-0.1, -0.05) is 43.5 Å². The monoisotopic (exact) mass is 386 g/mol. The van der Waals surface area contributed by atoms with E-state index >= 15 is 0 Å². The van der Waals surface area contributed by atoms with Gasteiger partial charge in [0.05, 0.1) is 5.60 Å². The van der Waals surface area contributed by atoms with Gasteiger partial charge in [-0.15, -0.1) is 0 Å². The van der Waals surface area contributed by atoms with E-state index in [2.05, 4.69) is 0 Å². The Labute approximate surface area is 167 Å². The Kier molecular flexibility index (Phi) is 7.46. The normalized spacial score (nSPS) is 17.2. The molecule has 4 heteroatoms. The molecule has 0 radical (unpaired) electrons. The van der Waals surface area contributed by atoms with Gasteiger partial charge in [0, 0.05) is 25.3 Å². The summed E-state index contributed by atoms with van der Waals surface area (Å²) in [5.74, 6) is 0.920. The lowest BCUT2D eigenvalue weighted by Gasteiger charge is -2.40. The standard InChI is InChI=1S/C24H31FO3/c1-27-17-8-7-16-24(26,19-10-3-2-4-11-19)22-14-5-6-15-23(22)28-21-13-9-12-20(25)18-21/h5-6,9,12-15,18-19,26H,2-4,7-8,10-11,16-17H2,1H3/t24-/m0/s1. The number of aliphatic hydroxyl groups is 1. The first kappa shape index (κ1) is 20.8. The van der Waals surface area contributed by atoms with Crippen molar-refractivity contribution in [2.24, 2.45) is 5.92 Å². The van der Waals surface area contributed by atoms with Gasteiger partial charge in [0.2, 0.25) is 0 Å². The summed E-state index contributed by atoms with van der Waals surface area (Å²) in [4.78, 5) is 0. The average molecular weight is 387 g/mol. The highest BCUT2D eigenvalue weighted by Crippen LogP contribution is 2.46. The van der Waals surface area contributed by atoms with Gasteiger partial charge in [0.1, 0.15) is 17.3 Å². The Morgan fingerprint density at radius 2 is 1.82 bits per heavy atom. The van der Waals surface area contributed by atoms with Gasteiger partial charge >= 0.3 is 0 Å². The molecule has 0 saturated heterocycles. The first-order chi connectivity index (χ1) is 13.6. The van der Waals surface area contributed by atoms with Crippen molar-refractivity contribution in [3.63, 3.8) is 0 Å². The van der Waals surface area contributed by atoms with Crippen LogP contribution < -0.4 is 4.74 Å². The van der Waals surface area contributed by atoms with Crippen molar-refractivity contribution in [2.75, 3.05) is 13.7 Å². The fraction of sp³-hybridized carbons (Fsp3) is 0.500. The molecule has 28 heavy (non-hydrogen) atoms. The quantitative estimate of drug-likeness (QED) is 0.521. The lowest BCUT2D eigenvalue weighted by Crippen LogP contribution is -2.37. The molecular weight excluding hydrogens is 355 g/mol. The molecule has 0 spiro atoms. The lowest BCUT2D eigenvalue weighted by molar-refractivity contribution is -0.0499. The summed E-state index contributed by atoms with van der Waals surface area (Å²) in [6.07, 6.45) is 8.05. The number of ether oxygens (including phenoxy) is 2. The summed E-state index contributed by atoms with van der Waals surface area (Å²) < 4.78 is 24.8. The van der Waals surface area contributed by atoms with Crippen LogP contribution in [0, 0.1) is 11.7 Å². The van der Waals surface area contributed by atoms with Crippen molar-refractivity contribution in [1.29, 1.82) is 0 Å². The maximum Gasteiger partial charge on any atom is 0.133 e. The first-order valence-electron chi connectivity index (χ1n) is 10.4. The van der Waals surface area contributed by atoms with Gasteiger partial charge in [-0.05, 0) is 56.2 Å². The van der Waals surface area contributed by atoms with E-state index < -0.39 is 5.60 Å². The molecule has 2 aromatic carbocycles. The van der Waals surface area contributed by atoms with Crippen LogP contribution in [0.4, 0.5) is 4.39 Å². The molecular formula is C24H31FO3. The Hall–Kier alpha value is -1.91. The molecule has 1 fully saturated rings. The zero-order valence-corrected chi connectivity index (χ0v) is 16.7. The fourth-order valence-corrected chi connectivity index (χ4v) is 4.35. The molecule has 152 valence electrons. The number of halogens is 1. The number of hydrogen-bond donors (Lipinski definition) is 1. The summed E-state index contributed by atoms with van der Waals surface area (Å²) in [7, 11) is 1.70. The van der Waals surface area contributed by atoms with Gasteiger partial charge < -0.3 is 14.6 Å². The number of hydrogen-bond acceptors (Lipinski definition) is 3. The van der Waals surface area contributed by atoms with Crippen molar-refractivity contribution in [3.05, 3.63) is 59.9 Å². The number of rotatable bonds is 9. The molecule has 3 rings (SSSR count). The SMILES string of the molecule is COCCCC[C@@](O)(c1ccccc1Oc1cccc(F)c1)C1CCCCC1. The van der Waals surface area contributed by atoms with Crippen LogP contribution in [0.25, 0.3) is 0 Å². The minimum Gasteiger partial charge on any atom is -0.457 e. The average Bonchev–Trinajstić information content (AvgIpc) is 2.72. The van der Waals surface area contributed by atoms with Crippen LogP contribution >= 0.6 is 0 Å². The van der Waals surface area contributed by atoms with Crippen molar-refractivity contribution in [2.45, 2.75) is 57.0 Å². The molecule has 1 aliphatic rings. The van der Waals surface area contributed by atoms with E-state index in [1.165, 1.54) is 18.6 Å². The second-order valence-corrected chi connectivity index (χ2v) is 7.76. The molecule has 0 aromatic heterocycles. The van der Waals surface area contributed by atoms with Crippen LogP contribution in [0.2, 0.25) is 0 Å². The summed E-state index contributed by atoms with van der Waals surface area (Å²) in [6, 6.07) is 13.8. The van der Waals surface area contributed by atoms with E-state index in [-0.39, 0.29) is 11.7 Å². The predicted octanol–water partition coefficient (Wildman–Crippen LogP) is 6.20. The molecule has 0 amide bonds. The molecule has 0 unspecified atom stereocenters. The van der Waals surface area contributed by atoms with E-state index in [0.717, 1.165) is 44.1 Å². The second kappa shape index (κ2) is 10.0. The zero-order chi connectivity index (χ0) is 19.8. The van der Waals surface area contributed by atoms with E-state index in [9.17, 15) is 9.50 Å². The molecule has 1 N–H and O–H groups in total. The van der Waals surface area contributed by atoms with Gasteiger partial charge in [0.25, 0.3) is 0 Å². The van der Waals surface area contributed by atoms with E-state index in [0.29, 0.717) is 24.5 Å². The summed E-state index contributed by atoms with van der Waals surface area (Å²) >= 11 is 0. The number of para-hydroxylation sites is 1. The largest absolute Gasteiger partial charge is 0.457 e. The summed E-state index contributed by atoms with van der Waals surface area (Å²) in [6.45, 7) is 0.697. The van der Waals surface area contributed by atoms with Gasteiger partial charge in [-0.25, -0.2) is 4.39 Å². The minimum absolute atomic E-state index is 0.209. The Morgan fingerprint density at radius 3 is 2.57 bits per heavy atom. The maximum absolute atomic E-state index is 13.6. The maximum atomic E-state index is 13.6. The molecule has 0 aliphatic heterocycles. The van der Waals surface area contributed by atoms with Crippen LogP contribution in [0.1, 0.15) is 56.9 Å². The molecule has 0 heterocycles. The summed E-state index contributed by atoms with van der Waals surface area (Å²) in [5.41, 5.74) is -0.137. The molecule has 1 saturated carbocycles. The Balaban J connectivity index is 1.90. The Morgan fingerprint density at radius 1 is 1.04 bits per heavy atom. The van der Waals surface area contributed by atoms with Gasteiger partial charge in [0.15, 0.2) is 0 Å². The topological polar surface area (TPSA) is 38.7 Å². The molecule has 0 bridgehead atoms. The van der Waals surface area contributed by atoms with Crippen molar-refractivity contribution in [3.8, 4) is 11.5 Å². The lowest BCUT2D eigenvalue weighted by atomic mass is 9.71. The van der Waals surface area contributed by atoms with Crippen molar-refractivity contribution >= 4 is 0 Å². The minimum atomic E-state index is -0.946. The molecule has 2 aromatic rings. The highest BCUT2D eigenvalue weighted by Gasteiger charge is 2.40. The highest BCUT2D eigenvalue weighted by atomic mass is 19.1. The van der Waals surface area contributed by atoms with Crippen LogP contribution in [0.3, 0.4) is 0 Å². The van der Waals surface area contributed by atoms with Crippen LogP contribution in [-0.2, 0) is 10.3 Å². The van der Waals surface area contributed by atoms with Crippen LogP contribution in [0.15, 0.2) is 48.5 Å². The van der Waals surface area contributed by atoms with Crippen molar-refractivity contribution < 1.29 is 19.0 Å². The van der Waals surface area contributed by atoms with E-state index in [4.69, 9.17) is 9.47 Å². The van der Waals surface area contributed by atoms with E-state index in [1.807, 2.05) is 24.3 Å². The summed E-state index contributed by atoms with van der Waals surface area (Å²) in [5, 5.41) is 11.9. The van der Waals surface area contributed by atoms with Crippen LogP contribution in [0.5, 0.6) is 11.5 Å². The molecule has 1 atom stereocenters. The van der Waals surface area contributed by atoms with Crippen LogP contribution in [-0.4, -0.2) is 18.8 Å². The zero-order valence-electron chi connectivity index (χ0n) is 16.7. The molecule has 3 nitrogen and oxygen atoms in total. The van der Waals surface area contributed by atoms with Gasteiger partial charge in [-0.2, -0.15) is 0 Å². The highest BCUT2D eigenvalue weighted by molar-refractivity contribution is 5.42. The van der Waals surface area contributed by atoms with E-state index in [1.54, 1.807) is 19.2 Å². The van der Waals surface area contributed by atoms with Crippen molar-refractivity contribution in [1.82, 2.24) is 0 Å². The third-order valence-corrected chi connectivity index (χ3v) is 5.81. The second-order valence-electron chi connectivity index (χ2n) is 7.76. The smallest absolute Gasteiger partial charge is 0.133 e. The molecule has 1 aliphatic carbocycles. The third-order valence-electron chi connectivity index (χ3n) is 5.81. The van der Waals surface area contributed by atoms with Gasteiger partial charge in [-0.3, -0.25) is 0 Å². The third kappa shape index (κ3) is 5.12. The Bertz CT molecular complexity index is 742. The number of benzene rings is 2. The predicted molar refractivity (Wildman–Crippen MR) is 109 cm³/mol. The fourth-order valence-electron chi connectivity index (χ4n) is 4.35.